The summed E-state index contributed by atoms with van der Waals surface area (Å²) in [6.07, 6.45) is 0.814. The fourth-order valence-electron chi connectivity index (χ4n) is 2.27. The quantitative estimate of drug-likeness (QED) is 0.685. The number of rotatable bonds is 9. The first-order chi connectivity index (χ1) is 12.0. The summed E-state index contributed by atoms with van der Waals surface area (Å²) in [5, 5.41) is 11.8. The van der Waals surface area contributed by atoms with Gasteiger partial charge in [-0.25, -0.2) is 9.18 Å². The number of amides is 1. The van der Waals surface area contributed by atoms with Crippen LogP contribution >= 0.6 is 0 Å². The van der Waals surface area contributed by atoms with Crippen LogP contribution in [0.25, 0.3) is 0 Å². The second-order valence-corrected chi connectivity index (χ2v) is 5.55. The zero-order chi connectivity index (χ0) is 18.1. The van der Waals surface area contributed by atoms with Crippen molar-refractivity contribution in [2.24, 2.45) is 0 Å². The molecule has 1 atom stereocenters. The van der Waals surface area contributed by atoms with Crippen molar-refractivity contribution in [2.45, 2.75) is 25.3 Å². The second-order valence-electron chi connectivity index (χ2n) is 5.55. The van der Waals surface area contributed by atoms with E-state index in [2.05, 4.69) is 5.32 Å². The highest BCUT2D eigenvalue weighted by Crippen LogP contribution is 2.11. The number of hydrogen-bond acceptors (Lipinski definition) is 3. The van der Waals surface area contributed by atoms with E-state index < -0.39 is 12.0 Å². The van der Waals surface area contributed by atoms with Crippen LogP contribution in [0.2, 0.25) is 0 Å². The van der Waals surface area contributed by atoms with Gasteiger partial charge in [-0.3, -0.25) is 4.79 Å². The lowest BCUT2D eigenvalue weighted by molar-refractivity contribution is -0.141. The van der Waals surface area contributed by atoms with E-state index in [1.54, 1.807) is 0 Å². The van der Waals surface area contributed by atoms with Crippen molar-refractivity contribution in [1.82, 2.24) is 5.32 Å². The molecular weight excluding hydrogens is 325 g/mol. The Morgan fingerprint density at radius 3 is 2.40 bits per heavy atom. The van der Waals surface area contributed by atoms with Gasteiger partial charge in [-0.1, -0.05) is 30.3 Å². The van der Waals surface area contributed by atoms with Crippen LogP contribution in [0.3, 0.4) is 0 Å². The van der Waals surface area contributed by atoms with Gasteiger partial charge in [0.15, 0.2) is 0 Å². The van der Waals surface area contributed by atoms with E-state index in [-0.39, 0.29) is 31.2 Å². The lowest BCUT2D eigenvalue weighted by Crippen LogP contribution is -2.42. The summed E-state index contributed by atoms with van der Waals surface area (Å²) in [6, 6.07) is 13.8. The number of carboxylic acid groups (broad SMARTS) is 1. The van der Waals surface area contributed by atoms with Crippen LogP contribution < -0.4 is 10.1 Å². The van der Waals surface area contributed by atoms with Crippen molar-refractivity contribution >= 4 is 11.9 Å². The number of carboxylic acids is 1. The standard InChI is InChI=1S/C19H20FNO4/c20-15-8-10-16(11-9-15)25-12-4-7-18(22)21-17(19(23)24)13-14-5-2-1-3-6-14/h1-3,5-6,8-11,17H,4,7,12-13H2,(H,21,22)(H,23,24)/t17-/m1/s1. The Hall–Kier alpha value is -2.89. The first-order valence-electron chi connectivity index (χ1n) is 7.99. The molecule has 5 nitrogen and oxygen atoms in total. The lowest BCUT2D eigenvalue weighted by Gasteiger charge is -2.14. The van der Waals surface area contributed by atoms with Gasteiger partial charge in [-0.05, 0) is 36.2 Å². The highest BCUT2D eigenvalue weighted by molar-refractivity contribution is 5.83. The molecule has 0 aliphatic rings. The van der Waals surface area contributed by atoms with Gasteiger partial charge in [-0.2, -0.15) is 0 Å². The smallest absolute Gasteiger partial charge is 0.326 e. The molecule has 0 aromatic heterocycles. The number of carbonyl (C=O) groups excluding carboxylic acids is 1. The van der Waals surface area contributed by atoms with Gasteiger partial charge >= 0.3 is 5.97 Å². The Balaban J connectivity index is 1.73. The van der Waals surface area contributed by atoms with Crippen molar-refractivity contribution in [3.8, 4) is 5.75 Å². The number of nitrogens with one attached hydrogen (secondary N) is 1. The Kier molecular flexibility index (Phi) is 6.95. The summed E-state index contributed by atoms with van der Waals surface area (Å²) in [5.74, 6) is -1.23. The molecule has 0 aliphatic carbocycles. The Morgan fingerprint density at radius 1 is 1.08 bits per heavy atom. The van der Waals surface area contributed by atoms with Crippen molar-refractivity contribution in [2.75, 3.05) is 6.61 Å². The van der Waals surface area contributed by atoms with Crippen molar-refractivity contribution < 1.29 is 23.8 Å². The molecule has 0 saturated carbocycles. The predicted molar refractivity (Wildman–Crippen MR) is 90.8 cm³/mol. The van der Waals surface area contributed by atoms with Crippen LogP contribution in [-0.4, -0.2) is 29.6 Å². The molecular formula is C19H20FNO4. The van der Waals surface area contributed by atoms with E-state index in [1.165, 1.54) is 24.3 Å². The number of aliphatic carboxylic acids is 1. The van der Waals surface area contributed by atoms with E-state index >= 15 is 0 Å². The van der Waals surface area contributed by atoms with Gasteiger partial charge in [0.2, 0.25) is 5.91 Å². The van der Waals surface area contributed by atoms with Crippen LogP contribution in [0.15, 0.2) is 54.6 Å². The molecule has 0 bridgehead atoms. The fraction of sp³-hybridized carbons (Fsp3) is 0.263. The molecule has 2 aromatic carbocycles. The zero-order valence-electron chi connectivity index (χ0n) is 13.7. The van der Waals surface area contributed by atoms with Crippen LogP contribution in [0.5, 0.6) is 5.75 Å². The highest BCUT2D eigenvalue weighted by atomic mass is 19.1. The minimum atomic E-state index is -1.07. The third-order valence-corrected chi connectivity index (χ3v) is 3.55. The number of benzene rings is 2. The molecule has 6 heteroatoms. The molecule has 132 valence electrons. The van der Waals surface area contributed by atoms with Crippen LogP contribution in [0.4, 0.5) is 4.39 Å². The third-order valence-electron chi connectivity index (χ3n) is 3.55. The molecule has 0 radical (unpaired) electrons. The largest absolute Gasteiger partial charge is 0.494 e. The molecule has 0 spiro atoms. The van der Waals surface area contributed by atoms with Gasteiger partial charge in [0.1, 0.15) is 17.6 Å². The molecule has 0 unspecified atom stereocenters. The average Bonchev–Trinajstić information content (AvgIpc) is 2.60. The number of hydrogen-bond donors (Lipinski definition) is 2. The van der Waals surface area contributed by atoms with E-state index in [1.807, 2.05) is 30.3 Å². The van der Waals surface area contributed by atoms with Gasteiger partial charge in [0, 0.05) is 12.8 Å². The third kappa shape index (κ3) is 6.63. The zero-order valence-corrected chi connectivity index (χ0v) is 13.7. The van der Waals surface area contributed by atoms with E-state index in [0.717, 1.165) is 5.56 Å². The second kappa shape index (κ2) is 9.42. The van der Waals surface area contributed by atoms with Crippen molar-refractivity contribution in [1.29, 1.82) is 0 Å². The number of ether oxygens (including phenoxy) is 1. The van der Waals surface area contributed by atoms with Gasteiger partial charge in [-0.15, -0.1) is 0 Å². The summed E-state index contributed by atoms with van der Waals surface area (Å²) in [5.41, 5.74) is 0.842. The summed E-state index contributed by atoms with van der Waals surface area (Å²) in [4.78, 5) is 23.2. The molecule has 2 N–H and O–H groups in total. The SMILES string of the molecule is O=C(CCCOc1ccc(F)cc1)N[C@H](Cc1ccccc1)C(=O)O. The molecule has 25 heavy (non-hydrogen) atoms. The maximum absolute atomic E-state index is 12.8. The normalized spacial score (nSPS) is 11.6. The highest BCUT2D eigenvalue weighted by Gasteiger charge is 2.20. The Morgan fingerprint density at radius 2 is 1.76 bits per heavy atom. The van der Waals surface area contributed by atoms with Crippen LogP contribution in [0, 0.1) is 5.82 Å². The van der Waals surface area contributed by atoms with Crippen molar-refractivity contribution in [3.05, 3.63) is 66.0 Å². The first-order valence-corrected chi connectivity index (χ1v) is 7.99. The average molecular weight is 345 g/mol. The van der Waals surface area contributed by atoms with Gasteiger partial charge in [0.25, 0.3) is 0 Å². The molecule has 0 fully saturated rings. The maximum atomic E-state index is 12.8. The fourth-order valence-corrected chi connectivity index (χ4v) is 2.27. The van der Waals surface area contributed by atoms with E-state index in [0.29, 0.717) is 12.2 Å². The number of halogens is 1. The molecule has 2 aromatic rings. The van der Waals surface area contributed by atoms with Gasteiger partial charge < -0.3 is 15.2 Å². The molecule has 2 rings (SSSR count). The van der Waals surface area contributed by atoms with Gasteiger partial charge in [0.05, 0.1) is 6.61 Å². The number of carbonyl (C=O) groups is 2. The topological polar surface area (TPSA) is 75.6 Å². The minimum absolute atomic E-state index is 0.153. The minimum Gasteiger partial charge on any atom is -0.494 e. The summed E-state index contributed by atoms with van der Waals surface area (Å²) in [7, 11) is 0. The van der Waals surface area contributed by atoms with Crippen molar-refractivity contribution in [3.63, 3.8) is 0 Å². The molecule has 0 saturated heterocycles. The Labute approximate surface area is 145 Å². The first kappa shape index (κ1) is 18.4. The molecule has 0 heterocycles. The predicted octanol–water partition coefficient (Wildman–Crippen LogP) is 2.80. The summed E-state index contributed by atoms with van der Waals surface area (Å²) < 4.78 is 18.2. The maximum Gasteiger partial charge on any atom is 0.326 e. The molecule has 0 aliphatic heterocycles. The van der Waals surface area contributed by atoms with E-state index in [9.17, 15) is 19.1 Å². The van der Waals surface area contributed by atoms with Crippen LogP contribution in [0.1, 0.15) is 18.4 Å². The Bertz CT molecular complexity index is 688. The lowest BCUT2D eigenvalue weighted by atomic mass is 10.1. The van der Waals surface area contributed by atoms with E-state index in [4.69, 9.17) is 4.74 Å². The summed E-state index contributed by atoms with van der Waals surface area (Å²) in [6.45, 7) is 0.287. The van der Waals surface area contributed by atoms with Crippen LogP contribution in [-0.2, 0) is 16.0 Å². The molecule has 1 amide bonds. The summed E-state index contributed by atoms with van der Waals surface area (Å²) >= 11 is 0. The monoisotopic (exact) mass is 345 g/mol.